The maximum absolute atomic E-state index is 13.8. The highest BCUT2D eigenvalue weighted by molar-refractivity contribution is 9.10. The molecule has 0 amide bonds. The quantitative estimate of drug-likeness (QED) is 0.868. The van der Waals surface area contributed by atoms with Gasteiger partial charge >= 0.3 is 0 Å². The Morgan fingerprint density at radius 2 is 2.00 bits per heavy atom. The van der Waals surface area contributed by atoms with E-state index in [1.54, 1.807) is 18.5 Å². The number of halogens is 2. The Hall–Kier alpha value is -1.26. The molecule has 4 heteroatoms. The van der Waals surface area contributed by atoms with Crippen LogP contribution in [-0.4, -0.2) is 18.1 Å². The van der Waals surface area contributed by atoms with Crippen molar-refractivity contribution in [2.24, 2.45) is 0 Å². The van der Waals surface area contributed by atoms with Crippen molar-refractivity contribution in [3.8, 4) is 0 Å². The summed E-state index contributed by atoms with van der Waals surface area (Å²) in [6, 6.07) is 9.39. The highest BCUT2D eigenvalue weighted by atomic mass is 79.9. The number of benzene rings is 1. The van der Waals surface area contributed by atoms with Gasteiger partial charge in [-0.2, -0.15) is 0 Å². The van der Waals surface area contributed by atoms with Gasteiger partial charge in [-0.05, 0) is 67.8 Å². The van der Waals surface area contributed by atoms with Gasteiger partial charge in [-0.3, -0.25) is 4.98 Å². The summed E-state index contributed by atoms with van der Waals surface area (Å²) in [5.74, 6) is -0.141. The lowest BCUT2D eigenvalue weighted by Crippen LogP contribution is -2.28. The van der Waals surface area contributed by atoms with Crippen LogP contribution in [-0.2, 0) is 12.8 Å². The summed E-state index contributed by atoms with van der Waals surface area (Å²) in [6.45, 7) is 0. The second-order valence-electron chi connectivity index (χ2n) is 4.82. The first-order valence-electron chi connectivity index (χ1n) is 6.69. The van der Waals surface area contributed by atoms with Crippen LogP contribution < -0.4 is 5.32 Å². The molecule has 0 fully saturated rings. The molecule has 0 bridgehead atoms. The Balaban J connectivity index is 1.97. The highest BCUT2D eigenvalue weighted by Crippen LogP contribution is 2.18. The molecule has 20 heavy (non-hydrogen) atoms. The lowest BCUT2D eigenvalue weighted by molar-refractivity contribution is 0.504. The molecule has 2 rings (SSSR count). The number of aromatic nitrogens is 1. The van der Waals surface area contributed by atoms with Gasteiger partial charge < -0.3 is 5.32 Å². The van der Waals surface area contributed by atoms with Crippen molar-refractivity contribution in [1.29, 1.82) is 0 Å². The smallest absolute Gasteiger partial charge is 0.126 e. The van der Waals surface area contributed by atoms with E-state index in [1.807, 2.05) is 25.2 Å². The Kier molecular flexibility index (Phi) is 5.68. The Bertz CT molecular complexity index is 545. The number of pyridine rings is 1. The normalized spacial score (nSPS) is 12.3. The first kappa shape index (κ1) is 15.1. The topological polar surface area (TPSA) is 24.9 Å². The molecule has 0 spiro atoms. The predicted octanol–water partition coefficient (Wildman–Crippen LogP) is 3.75. The lowest BCUT2D eigenvalue weighted by atomic mass is 9.99. The largest absolute Gasteiger partial charge is 0.317 e. The molecule has 0 aliphatic rings. The summed E-state index contributed by atoms with van der Waals surface area (Å²) in [5.41, 5.74) is 2.00. The standard InChI is InChI=1S/C16H18BrFN2/c1-19-15(4-2-12-6-8-20-9-7-12)11-13-10-14(17)3-5-16(13)18/h3,5-10,15,19H,2,4,11H2,1H3. The predicted molar refractivity (Wildman–Crippen MR) is 83.2 cm³/mol. The van der Waals surface area contributed by atoms with E-state index in [0.717, 1.165) is 22.9 Å². The average molecular weight is 337 g/mol. The molecule has 1 unspecified atom stereocenters. The maximum atomic E-state index is 13.8. The number of hydrogen-bond donors (Lipinski definition) is 1. The van der Waals surface area contributed by atoms with Crippen molar-refractivity contribution in [2.75, 3.05) is 7.05 Å². The summed E-state index contributed by atoms with van der Waals surface area (Å²) in [7, 11) is 1.92. The van der Waals surface area contributed by atoms with Gasteiger partial charge in [0.2, 0.25) is 0 Å². The van der Waals surface area contributed by atoms with Crippen LogP contribution >= 0.6 is 15.9 Å². The summed E-state index contributed by atoms with van der Waals surface area (Å²) in [5, 5.41) is 3.27. The van der Waals surface area contributed by atoms with Gasteiger partial charge in [0.1, 0.15) is 5.82 Å². The first-order valence-corrected chi connectivity index (χ1v) is 7.48. The molecule has 0 aliphatic heterocycles. The third kappa shape index (κ3) is 4.39. The van der Waals surface area contributed by atoms with Crippen molar-refractivity contribution < 1.29 is 4.39 Å². The van der Waals surface area contributed by atoms with Crippen molar-refractivity contribution in [1.82, 2.24) is 10.3 Å². The SMILES string of the molecule is CNC(CCc1ccncc1)Cc1cc(Br)ccc1F. The van der Waals surface area contributed by atoms with Crippen LogP contribution in [0.1, 0.15) is 17.5 Å². The monoisotopic (exact) mass is 336 g/mol. The molecule has 1 atom stereocenters. The second-order valence-corrected chi connectivity index (χ2v) is 5.74. The van der Waals surface area contributed by atoms with Gasteiger partial charge in [-0.25, -0.2) is 4.39 Å². The molecule has 1 N–H and O–H groups in total. The van der Waals surface area contributed by atoms with Crippen LogP contribution in [0.3, 0.4) is 0 Å². The van der Waals surface area contributed by atoms with Gasteiger partial charge in [0.05, 0.1) is 0 Å². The van der Waals surface area contributed by atoms with Gasteiger partial charge in [0.15, 0.2) is 0 Å². The van der Waals surface area contributed by atoms with E-state index in [1.165, 1.54) is 11.6 Å². The van der Waals surface area contributed by atoms with E-state index in [4.69, 9.17) is 0 Å². The molecule has 106 valence electrons. The Morgan fingerprint density at radius 1 is 1.25 bits per heavy atom. The summed E-state index contributed by atoms with van der Waals surface area (Å²) in [6.07, 6.45) is 6.22. The fraction of sp³-hybridized carbons (Fsp3) is 0.312. The third-order valence-corrected chi connectivity index (χ3v) is 3.91. The molecule has 1 aromatic carbocycles. The molecule has 2 nitrogen and oxygen atoms in total. The fourth-order valence-corrected chi connectivity index (χ4v) is 2.61. The summed E-state index contributed by atoms with van der Waals surface area (Å²) >= 11 is 3.39. The zero-order valence-electron chi connectivity index (χ0n) is 11.4. The van der Waals surface area contributed by atoms with Crippen LogP contribution in [0.4, 0.5) is 4.39 Å². The molecule has 0 saturated carbocycles. The van der Waals surface area contributed by atoms with E-state index in [-0.39, 0.29) is 11.9 Å². The minimum Gasteiger partial charge on any atom is -0.317 e. The number of nitrogens with one attached hydrogen (secondary N) is 1. The van der Waals surface area contributed by atoms with Crippen molar-refractivity contribution >= 4 is 15.9 Å². The molecule has 1 aromatic heterocycles. The zero-order valence-corrected chi connectivity index (χ0v) is 13.0. The van der Waals surface area contributed by atoms with E-state index in [9.17, 15) is 4.39 Å². The number of nitrogens with zero attached hydrogens (tertiary/aromatic N) is 1. The number of hydrogen-bond acceptors (Lipinski definition) is 2. The van der Waals surface area contributed by atoms with Crippen LogP contribution in [0, 0.1) is 5.82 Å². The van der Waals surface area contributed by atoms with Crippen LogP contribution in [0.5, 0.6) is 0 Å². The number of aryl methyl sites for hydroxylation is 1. The van der Waals surface area contributed by atoms with Crippen molar-refractivity contribution in [3.05, 3.63) is 64.1 Å². The van der Waals surface area contributed by atoms with Gasteiger partial charge in [0, 0.05) is 22.9 Å². The minimum atomic E-state index is -0.141. The molecular weight excluding hydrogens is 319 g/mol. The molecule has 0 aliphatic carbocycles. The lowest BCUT2D eigenvalue weighted by Gasteiger charge is -2.17. The second kappa shape index (κ2) is 7.50. The number of likely N-dealkylation sites (N-methyl/N-ethyl adjacent to an activating group) is 1. The average Bonchev–Trinajstić information content (AvgIpc) is 2.48. The Morgan fingerprint density at radius 3 is 2.70 bits per heavy atom. The van der Waals surface area contributed by atoms with Crippen LogP contribution in [0.15, 0.2) is 47.2 Å². The minimum absolute atomic E-state index is 0.141. The third-order valence-electron chi connectivity index (χ3n) is 3.41. The van der Waals surface area contributed by atoms with Crippen molar-refractivity contribution in [3.63, 3.8) is 0 Å². The maximum Gasteiger partial charge on any atom is 0.126 e. The molecule has 1 heterocycles. The Labute approximate surface area is 127 Å². The van der Waals surface area contributed by atoms with Crippen molar-refractivity contribution in [2.45, 2.75) is 25.3 Å². The molecule has 2 aromatic rings. The van der Waals surface area contributed by atoms with Gasteiger partial charge in [-0.15, -0.1) is 0 Å². The molecule has 0 saturated heterocycles. The highest BCUT2D eigenvalue weighted by Gasteiger charge is 2.11. The molecular formula is C16H18BrFN2. The van der Waals surface area contributed by atoms with E-state index in [2.05, 4.69) is 26.2 Å². The molecule has 0 radical (unpaired) electrons. The van der Waals surface area contributed by atoms with E-state index >= 15 is 0 Å². The van der Waals surface area contributed by atoms with Gasteiger partial charge in [-0.1, -0.05) is 15.9 Å². The van der Waals surface area contributed by atoms with Gasteiger partial charge in [0.25, 0.3) is 0 Å². The summed E-state index contributed by atoms with van der Waals surface area (Å²) < 4.78 is 14.7. The first-order chi connectivity index (χ1) is 9.69. The van der Waals surface area contributed by atoms with E-state index < -0.39 is 0 Å². The van der Waals surface area contributed by atoms with Crippen LogP contribution in [0.2, 0.25) is 0 Å². The summed E-state index contributed by atoms with van der Waals surface area (Å²) in [4.78, 5) is 4.01. The number of rotatable bonds is 6. The zero-order chi connectivity index (χ0) is 14.4. The van der Waals surface area contributed by atoms with Crippen LogP contribution in [0.25, 0.3) is 0 Å². The van der Waals surface area contributed by atoms with E-state index in [0.29, 0.717) is 6.42 Å². The fourth-order valence-electron chi connectivity index (χ4n) is 2.20.